The zero-order valence-electron chi connectivity index (χ0n) is 14.4. The van der Waals surface area contributed by atoms with E-state index in [0.29, 0.717) is 12.1 Å². The molecular weight excluding hydrogens is 282 g/mol. The first-order valence-corrected chi connectivity index (χ1v) is 8.35. The van der Waals surface area contributed by atoms with Crippen LogP contribution in [-0.4, -0.2) is 27.0 Å². The molecule has 2 aromatic carbocycles. The molecule has 3 aromatic rings. The quantitative estimate of drug-likeness (QED) is 0.731. The summed E-state index contributed by atoms with van der Waals surface area (Å²) in [7, 11) is 0. The topological polar surface area (TPSA) is 31.9 Å². The highest BCUT2D eigenvalue weighted by Gasteiger charge is 2.17. The van der Waals surface area contributed by atoms with Crippen LogP contribution in [0.2, 0.25) is 0 Å². The van der Waals surface area contributed by atoms with Gasteiger partial charge in [-0.2, -0.15) is 0 Å². The van der Waals surface area contributed by atoms with Gasteiger partial charge in [0.15, 0.2) is 0 Å². The Balaban J connectivity index is 2.00. The van der Waals surface area contributed by atoms with Crippen molar-refractivity contribution in [3.63, 3.8) is 0 Å². The Morgan fingerprint density at radius 2 is 1.57 bits per heavy atom. The second-order valence-corrected chi connectivity index (χ2v) is 6.62. The predicted octanol–water partition coefficient (Wildman–Crippen LogP) is 4.85. The van der Waals surface area contributed by atoms with Crippen molar-refractivity contribution in [1.29, 1.82) is 0 Å². The molecule has 0 fully saturated rings. The number of rotatable bonds is 5. The van der Waals surface area contributed by atoms with Gasteiger partial charge in [-0.3, -0.25) is 4.90 Å². The zero-order valence-corrected chi connectivity index (χ0v) is 14.4. The zero-order chi connectivity index (χ0) is 16.4. The second-order valence-electron chi connectivity index (χ2n) is 6.62. The average Bonchev–Trinajstić information content (AvgIpc) is 2.96. The molecule has 0 unspecified atom stereocenters. The molecular formula is C20H25N3. The highest BCUT2D eigenvalue weighted by molar-refractivity contribution is 5.79. The lowest BCUT2D eigenvalue weighted by Gasteiger charge is -2.31. The van der Waals surface area contributed by atoms with E-state index in [2.05, 4.69) is 67.9 Å². The van der Waals surface area contributed by atoms with E-state index >= 15 is 0 Å². The predicted molar refractivity (Wildman–Crippen MR) is 97.3 cm³/mol. The molecule has 0 spiro atoms. The molecule has 1 N–H and O–H groups in total. The van der Waals surface area contributed by atoms with Crippen LogP contribution < -0.4 is 0 Å². The minimum Gasteiger partial charge on any atom is -0.338 e. The van der Waals surface area contributed by atoms with Crippen molar-refractivity contribution in [3.8, 4) is 11.4 Å². The molecule has 3 heteroatoms. The van der Waals surface area contributed by atoms with E-state index in [4.69, 9.17) is 4.98 Å². The van der Waals surface area contributed by atoms with E-state index in [9.17, 15) is 0 Å². The third-order valence-electron chi connectivity index (χ3n) is 4.34. The van der Waals surface area contributed by atoms with Crippen molar-refractivity contribution in [2.45, 2.75) is 46.3 Å². The lowest BCUT2D eigenvalue weighted by atomic mass is 10.0. The highest BCUT2D eigenvalue weighted by atomic mass is 15.2. The van der Waals surface area contributed by atoms with Gasteiger partial charge >= 0.3 is 0 Å². The van der Waals surface area contributed by atoms with E-state index in [1.165, 1.54) is 11.1 Å². The van der Waals surface area contributed by atoms with Crippen molar-refractivity contribution in [2.75, 3.05) is 0 Å². The van der Waals surface area contributed by atoms with Gasteiger partial charge < -0.3 is 4.98 Å². The normalized spacial score (nSPS) is 12.0. The molecule has 0 aliphatic carbocycles. The van der Waals surface area contributed by atoms with Crippen molar-refractivity contribution < 1.29 is 0 Å². The summed E-state index contributed by atoms with van der Waals surface area (Å²) in [4.78, 5) is 10.7. The average molecular weight is 307 g/mol. The summed E-state index contributed by atoms with van der Waals surface area (Å²) in [5.74, 6) is 0.953. The van der Waals surface area contributed by atoms with Crippen molar-refractivity contribution in [3.05, 3.63) is 54.1 Å². The smallest absolute Gasteiger partial charge is 0.138 e. The molecule has 0 bridgehead atoms. The maximum Gasteiger partial charge on any atom is 0.138 e. The summed E-state index contributed by atoms with van der Waals surface area (Å²) in [6, 6.07) is 17.8. The molecule has 3 rings (SSSR count). The van der Waals surface area contributed by atoms with Crippen LogP contribution in [0.5, 0.6) is 0 Å². The number of H-pyrrole nitrogens is 1. The number of nitrogens with zero attached hydrogens (tertiary/aromatic N) is 2. The molecule has 3 nitrogen and oxygen atoms in total. The van der Waals surface area contributed by atoms with Gasteiger partial charge in [-0.05, 0) is 45.4 Å². The number of imidazole rings is 1. The summed E-state index contributed by atoms with van der Waals surface area (Å²) >= 11 is 0. The number of para-hydroxylation sites is 2. The molecule has 0 aliphatic heterocycles. The molecule has 1 heterocycles. The molecule has 0 saturated heterocycles. The van der Waals surface area contributed by atoms with Crippen LogP contribution in [0.15, 0.2) is 48.5 Å². The standard InChI is InChI=1S/C20H25N3/c1-14(2)23(15(3)4)13-16-9-5-6-10-17(16)20-21-18-11-7-8-12-19(18)22-20/h5-12,14-15H,13H2,1-4H3,(H,21,22). The van der Waals surface area contributed by atoms with Gasteiger partial charge in [-0.25, -0.2) is 4.98 Å². The minimum absolute atomic E-state index is 0.513. The Morgan fingerprint density at radius 1 is 0.913 bits per heavy atom. The van der Waals surface area contributed by atoms with E-state index in [-0.39, 0.29) is 0 Å². The first-order valence-electron chi connectivity index (χ1n) is 8.35. The van der Waals surface area contributed by atoms with Crippen LogP contribution >= 0.6 is 0 Å². The number of hydrogen-bond acceptors (Lipinski definition) is 2. The number of aromatic nitrogens is 2. The van der Waals surface area contributed by atoms with Crippen LogP contribution in [0, 0.1) is 0 Å². The molecule has 0 saturated carbocycles. The van der Waals surface area contributed by atoms with E-state index in [0.717, 1.165) is 23.4 Å². The molecule has 120 valence electrons. The molecule has 23 heavy (non-hydrogen) atoms. The molecule has 0 radical (unpaired) electrons. The fraction of sp³-hybridized carbons (Fsp3) is 0.350. The lowest BCUT2D eigenvalue weighted by molar-refractivity contribution is 0.166. The summed E-state index contributed by atoms with van der Waals surface area (Å²) in [5, 5.41) is 0. The lowest BCUT2D eigenvalue weighted by Crippen LogP contribution is -2.36. The van der Waals surface area contributed by atoms with Gasteiger partial charge in [0.25, 0.3) is 0 Å². The molecule has 0 aliphatic rings. The van der Waals surface area contributed by atoms with E-state index < -0.39 is 0 Å². The van der Waals surface area contributed by atoms with Crippen molar-refractivity contribution in [1.82, 2.24) is 14.9 Å². The third-order valence-corrected chi connectivity index (χ3v) is 4.34. The van der Waals surface area contributed by atoms with Gasteiger partial charge in [0.05, 0.1) is 11.0 Å². The second kappa shape index (κ2) is 6.55. The Hall–Kier alpha value is -2.13. The van der Waals surface area contributed by atoms with Gasteiger partial charge in [0.2, 0.25) is 0 Å². The first kappa shape index (κ1) is 15.8. The monoisotopic (exact) mass is 307 g/mol. The Bertz CT molecular complexity index is 745. The Labute approximate surface area is 138 Å². The SMILES string of the molecule is CC(C)N(Cc1ccccc1-c1nc2ccccc2[nH]1)C(C)C. The van der Waals surface area contributed by atoms with Gasteiger partial charge in [-0.1, -0.05) is 36.4 Å². The summed E-state index contributed by atoms with van der Waals surface area (Å²) in [6.45, 7) is 9.95. The van der Waals surface area contributed by atoms with Crippen molar-refractivity contribution in [2.24, 2.45) is 0 Å². The number of aromatic amines is 1. The number of benzene rings is 2. The van der Waals surface area contributed by atoms with Crippen LogP contribution in [0.4, 0.5) is 0 Å². The highest BCUT2D eigenvalue weighted by Crippen LogP contribution is 2.26. The minimum atomic E-state index is 0.513. The fourth-order valence-corrected chi connectivity index (χ4v) is 3.13. The molecule has 1 aromatic heterocycles. The van der Waals surface area contributed by atoms with Gasteiger partial charge in [-0.15, -0.1) is 0 Å². The third kappa shape index (κ3) is 3.30. The number of nitrogens with one attached hydrogen (secondary N) is 1. The summed E-state index contributed by atoms with van der Waals surface area (Å²) in [5.41, 5.74) is 4.60. The van der Waals surface area contributed by atoms with Crippen LogP contribution in [-0.2, 0) is 6.54 Å². The van der Waals surface area contributed by atoms with E-state index in [1.807, 2.05) is 18.2 Å². The van der Waals surface area contributed by atoms with E-state index in [1.54, 1.807) is 0 Å². The maximum atomic E-state index is 4.77. The Morgan fingerprint density at radius 3 is 2.26 bits per heavy atom. The maximum absolute atomic E-state index is 4.77. The summed E-state index contributed by atoms with van der Waals surface area (Å²) in [6.07, 6.45) is 0. The molecule has 0 amide bonds. The van der Waals surface area contributed by atoms with Crippen LogP contribution in [0.3, 0.4) is 0 Å². The van der Waals surface area contributed by atoms with Gasteiger partial charge in [0.1, 0.15) is 5.82 Å². The number of hydrogen-bond donors (Lipinski definition) is 1. The van der Waals surface area contributed by atoms with Gasteiger partial charge in [0, 0.05) is 24.2 Å². The Kier molecular flexibility index (Phi) is 4.49. The van der Waals surface area contributed by atoms with Crippen LogP contribution in [0.25, 0.3) is 22.4 Å². The van der Waals surface area contributed by atoms with Crippen molar-refractivity contribution >= 4 is 11.0 Å². The number of fused-ring (bicyclic) bond motifs is 1. The first-order chi connectivity index (χ1) is 11.1. The largest absolute Gasteiger partial charge is 0.338 e. The molecule has 0 atom stereocenters. The van der Waals surface area contributed by atoms with Crippen LogP contribution in [0.1, 0.15) is 33.3 Å². The summed E-state index contributed by atoms with van der Waals surface area (Å²) < 4.78 is 0. The fourth-order valence-electron chi connectivity index (χ4n) is 3.13.